The number of aromatic nitrogens is 1. The first-order valence-electron chi connectivity index (χ1n) is 9.09. The van der Waals surface area contributed by atoms with Crippen molar-refractivity contribution >= 4 is 22.6 Å². The molecule has 0 spiro atoms. The number of nitrogens with one attached hydrogen (secondary N) is 1. The van der Waals surface area contributed by atoms with Crippen LogP contribution in [-0.2, 0) is 4.74 Å². The van der Waals surface area contributed by atoms with Gasteiger partial charge < -0.3 is 15.0 Å². The maximum Gasteiger partial charge on any atom is 0.407 e. The molecule has 2 atom stereocenters. The van der Waals surface area contributed by atoms with E-state index >= 15 is 0 Å². The van der Waals surface area contributed by atoms with Crippen LogP contribution in [0.25, 0.3) is 10.4 Å². The van der Waals surface area contributed by atoms with Crippen LogP contribution in [0.5, 0.6) is 0 Å². The summed E-state index contributed by atoms with van der Waals surface area (Å²) in [6.07, 6.45) is 3.40. The minimum Gasteiger partial charge on any atom is -0.444 e. The molecule has 1 N–H and O–H groups in total. The summed E-state index contributed by atoms with van der Waals surface area (Å²) in [5, 5.41) is 4.05. The van der Waals surface area contributed by atoms with Gasteiger partial charge in [0.1, 0.15) is 5.60 Å². The zero-order chi connectivity index (χ0) is 18.7. The van der Waals surface area contributed by atoms with Crippen molar-refractivity contribution in [2.45, 2.75) is 58.2 Å². The predicted octanol–water partition coefficient (Wildman–Crippen LogP) is 4.69. The fourth-order valence-electron chi connectivity index (χ4n) is 3.20. The van der Waals surface area contributed by atoms with Crippen molar-refractivity contribution in [1.29, 1.82) is 0 Å². The molecule has 1 fully saturated rings. The van der Waals surface area contributed by atoms with Gasteiger partial charge in [-0.05, 0) is 46.1 Å². The molecule has 2 aromatic rings. The summed E-state index contributed by atoms with van der Waals surface area (Å²) in [4.78, 5) is 20.1. The van der Waals surface area contributed by atoms with Gasteiger partial charge in [0.15, 0.2) is 5.13 Å². The number of thiazole rings is 1. The van der Waals surface area contributed by atoms with Crippen LogP contribution in [0.2, 0.25) is 0 Å². The molecule has 0 bridgehead atoms. The molecule has 0 aliphatic carbocycles. The van der Waals surface area contributed by atoms with Gasteiger partial charge in [0.2, 0.25) is 0 Å². The largest absolute Gasteiger partial charge is 0.444 e. The molecule has 140 valence electrons. The number of benzene rings is 1. The Balaban J connectivity index is 1.59. The molecular formula is C20H27N3O2S. The molecule has 1 saturated heterocycles. The number of rotatable bonds is 3. The Hall–Kier alpha value is -2.08. The highest BCUT2D eigenvalue weighted by atomic mass is 32.1. The summed E-state index contributed by atoms with van der Waals surface area (Å²) in [5.41, 5.74) is 0.732. The highest BCUT2D eigenvalue weighted by molar-refractivity contribution is 7.18. The molecule has 0 saturated carbocycles. The molecular weight excluding hydrogens is 346 g/mol. The second-order valence-corrected chi connectivity index (χ2v) is 8.79. The maximum atomic E-state index is 12.0. The SMILES string of the molecule is CC1CC(NC(=O)OC(C)(C)C)CCN1c1ncc(-c2ccccc2)s1. The number of hydrogen-bond donors (Lipinski definition) is 1. The van der Waals surface area contributed by atoms with E-state index in [9.17, 15) is 4.79 Å². The number of ether oxygens (including phenoxy) is 1. The van der Waals surface area contributed by atoms with Gasteiger partial charge in [-0.15, -0.1) is 0 Å². The van der Waals surface area contributed by atoms with Crippen LogP contribution >= 0.6 is 11.3 Å². The topological polar surface area (TPSA) is 54.5 Å². The number of hydrogen-bond acceptors (Lipinski definition) is 5. The van der Waals surface area contributed by atoms with E-state index in [4.69, 9.17) is 4.74 Å². The number of piperidine rings is 1. The highest BCUT2D eigenvalue weighted by Gasteiger charge is 2.29. The molecule has 26 heavy (non-hydrogen) atoms. The first kappa shape index (κ1) is 18.7. The number of carbonyl (C=O) groups excluding carboxylic acids is 1. The number of nitrogens with zero attached hydrogens (tertiary/aromatic N) is 2. The van der Waals surface area contributed by atoms with Gasteiger partial charge in [0.05, 0.1) is 4.88 Å². The lowest BCUT2D eigenvalue weighted by Gasteiger charge is -2.38. The molecule has 1 aliphatic rings. The summed E-state index contributed by atoms with van der Waals surface area (Å²) in [6.45, 7) is 8.70. The van der Waals surface area contributed by atoms with Gasteiger partial charge in [0, 0.05) is 24.8 Å². The summed E-state index contributed by atoms with van der Waals surface area (Å²) < 4.78 is 5.37. The van der Waals surface area contributed by atoms with Crippen LogP contribution in [0.3, 0.4) is 0 Å². The van der Waals surface area contributed by atoms with Gasteiger partial charge in [-0.1, -0.05) is 41.7 Å². The third-order valence-corrected chi connectivity index (χ3v) is 5.48. The third-order valence-electron chi connectivity index (χ3n) is 4.39. The van der Waals surface area contributed by atoms with Crippen molar-refractivity contribution in [2.75, 3.05) is 11.4 Å². The Bertz CT molecular complexity index is 739. The molecule has 2 unspecified atom stereocenters. The van der Waals surface area contributed by atoms with Crippen LogP contribution in [-0.4, -0.2) is 35.3 Å². The number of alkyl carbamates (subject to hydrolysis) is 1. The van der Waals surface area contributed by atoms with Gasteiger partial charge in [0.25, 0.3) is 0 Å². The first-order valence-corrected chi connectivity index (χ1v) is 9.91. The molecule has 1 aromatic heterocycles. The summed E-state index contributed by atoms with van der Waals surface area (Å²) >= 11 is 1.72. The molecule has 1 aromatic carbocycles. The minimum atomic E-state index is -0.467. The van der Waals surface area contributed by atoms with Crippen LogP contribution in [0.4, 0.5) is 9.93 Å². The second-order valence-electron chi connectivity index (χ2n) is 7.78. The first-order chi connectivity index (χ1) is 12.3. The normalized spacial score (nSPS) is 20.7. The quantitative estimate of drug-likeness (QED) is 0.848. The lowest BCUT2D eigenvalue weighted by atomic mass is 9.99. The predicted molar refractivity (Wildman–Crippen MR) is 107 cm³/mol. The Kier molecular flexibility index (Phi) is 5.51. The lowest BCUT2D eigenvalue weighted by Crippen LogP contribution is -2.49. The number of anilines is 1. The van der Waals surface area contributed by atoms with Crippen molar-refractivity contribution < 1.29 is 9.53 Å². The number of amides is 1. The van der Waals surface area contributed by atoms with E-state index in [0.29, 0.717) is 6.04 Å². The average Bonchev–Trinajstić information content (AvgIpc) is 3.03. The smallest absolute Gasteiger partial charge is 0.407 e. The summed E-state index contributed by atoms with van der Waals surface area (Å²) in [6, 6.07) is 10.8. The monoisotopic (exact) mass is 373 g/mol. The van der Waals surface area contributed by atoms with E-state index in [-0.39, 0.29) is 12.1 Å². The fourth-order valence-corrected chi connectivity index (χ4v) is 4.25. The van der Waals surface area contributed by atoms with Gasteiger partial charge in [-0.25, -0.2) is 9.78 Å². The summed E-state index contributed by atoms with van der Waals surface area (Å²) in [5.74, 6) is 0. The van der Waals surface area contributed by atoms with Crippen LogP contribution in [0.1, 0.15) is 40.5 Å². The molecule has 2 heterocycles. The van der Waals surface area contributed by atoms with E-state index < -0.39 is 5.60 Å². The van der Waals surface area contributed by atoms with Crippen molar-refractivity contribution in [1.82, 2.24) is 10.3 Å². The molecule has 6 heteroatoms. The lowest BCUT2D eigenvalue weighted by molar-refractivity contribution is 0.0494. The third kappa shape index (κ3) is 4.75. The zero-order valence-corrected chi connectivity index (χ0v) is 16.7. The number of carbonyl (C=O) groups is 1. The van der Waals surface area contributed by atoms with E-state index in [2.05, 4.69) is 34.3 Å². The highest BCUT2D eigenvalue weighted by Crippen LogP contribution is 2.34. The maximum absolute atomic E-state index is 12.0. The van der Waals surface area contributed by atoms with E-state index in [1.54, 1.807) is 11.3 Å². The fraction of sp³-hybridized carbons (Fsp3) is 0.500. The molecule has 0 radical (unpaired) electrons. The Morgan fingerprint density at radius 2 is 2.04 bits per heavy atom. The van der Waals surface area contributed by atoms with Crippen LogP contribution < -0.4 is 10.2 Å². The standard InChI is InChI=1S/C20H27N3O2S/c1-14-12-16(22-19(24)25-20(2,3)4)10-11-23(14)18-21-13-17(26-18)15-8-6-5-7-9-15/h5-9,13-14,16H,10-12H2,1-4H3,(H,22,24). The zero-order valence-electron chi connectivity index (χ0n) is 15.9. The minimum absolute atomic E-state index is 0.143. The van der Waals surface area contributed by atoms with Crippen LogP contribution in [0.15, 0.2) is 36.5 Å². The summed E-state index contributed by atoms with van der Waals surface area (Å²) in [7, 11) is 0. The molecule has 5 nitrogen and oxygen atoms in total. The van der Waals surface area contributed by atoms with E-state index in [1.807, 2.05) is 45.2 Å². The van der Waals surface area contributed by atoms with Crippen molar-refractivity contribution in [2.24, 2.45) is 0 Å². The van der Waals surface area contributed by atoms with Crippen molar-refractivity contribution in [3.05, 3.63) is 36.5 Å². The Morgan fingerprint density at radius 3 is 2.69 bits per heavy atom. The average molecular weight is 374 g/mol. The van der Waals surface area contributed by atoms with E-state index in [1.165, 1.54) is 10.4 Å². The van der Waals surface area contributed by atoms with Crippen molar-refractivity contribution in [3.8, 4) is 10.4 Å². The Labute approximate surface area is 159 Å². The Morgan fingerprint density at radius 1 is 1.31 bits per heavy atom. The van der Waals surface area contributed by atoms with E-state index in [0.717, 1.165) is 24.5 Å². The van der Waals surface area contributed by atoms with Crippen molar-refractivity contribution in [3.63, 3.8) is 0 Å². The molecule has 3 rings (SSSR count). The molecule has 1 aliphatic heterocycles. The van der Waals surface area contributed by atoms with Gasteiger partial charge >= 0.3 is 6.09 Å². The van der Waals surface area contributed by atoms with Gasteiger partial charge in [-0.3, -0.25) is 0 Å². The second kappa shape index (κ2) is 7.66. The van der Waals surface area contributed by atoms with Crippen LogP contribution in [0, 0.1) is 0 Å². The van der Waals surface area contributed by atoms with Gasteiger partial charge in [-0.2, -0.15) is 0 Å². The molecule has 1 amide bonds.